The van der Waals surface area contributed by atoms with Crippen LogP contribution in [-0.2, 0) is 10.8 Å². The summed E-state index contributed by atoms with van der Waals surface area (Å²) in [6.07, 6.45) is 12.8. The fourth-order valence-electron chi connectivity index (χ4n) is 10.1. The summed E-state index contributed by atoms with van der Waals surface area (Å²) in [5, 5.41) is 3.80. The second-order valence-corrected chi connectivity index (χ2v) is 14.8. The van der Waals surface area contributed by atoms with E-state index in [2.05, 4.69) is 169 Å². The van der Waals surface area contributed by atoms with E-state index < -0.39 is 5.41 Å². The molecule has 0 aliphatic heterocycles. The molecule has 1 N–H and O–H groups in total. The van der Waals surface area contributed by atoms with Gasteiger partial charge in [0.25, 0.3) is 0 Å². The number of fused-ring (bicyclic) bond motifs is 8. The zero-order valence-electron chi connectivity index (χ0n) is 28.4. The predicted octanol–water partition coefficient (Wildman–Crippen LogP) is 12.5. The molecule has 6 aromatic rings. The summed E-state index contributed by atoms with van der Waals surface area (Å²) in [7, 11) is 0. The molecular weight excluding hydrogens is 603 g/mol. The molecule has 242 valence electrons. The SMILES string of the molecule is C1=C2C(=CC(c3ccc(Nc4ccc5c(c4)C(c4ccccc4)(c4ccccc4)c4ccccc4-5)cc3)C1)C1(CCCCC1)c1ccccc12. The molecule has 0 saturated heterocycles. The Bertz CT molecular complexity index is 2240. The van der Waals surface area contributed by atoms with Crippen molar-refractivity contribution in [3.8, 4) is 11.1 Å². The average molecular weight is 644 g/mol. The van der Waals surface area contributed by atoms with E-state index in [1.807, 2.05) is 0 Å². The standard InChI is InChI=1S/C49H41N/c1-4-14-36(15-5-1)49(37-16-6-2-7-17-37)45-21-11-9-19-41(45)43-29-27-39(33-47(43)49)50-38-25-22-34(23-26-38)35-24-28-42-40-18-8-10-20-44(40)48(46(42)32-35)30-12-3-13-31-48/h1-2,4-11,14-23,25-29,32-33,35,50H,3,12-13,24,30-31H2. The number of anilines is 2. The Morgan fingerprint density at radius 2 is 1.10 bits per heavy atom. The van der Waals surface area contributed by atoms with Crippen molar-refractivity contribution in [3.63, 3.8) is 0 Å². The van der Waals surface area contributed by atoms with Gasteiger partial charge in [0, 0.05) is 22.7 Å². The number of rotatable bonds is 5. The van der Waals surface area contributed by atoms with Crippen LogP contribution in [0.1, 0.15) is 83.4 Å². The molecule has 1 unspecified atom stereocenters. The number of hydrogen-bond donors (Lipinski definition) is 1. The normalized spacial score (nSPS) is 19.1. The topological polar surface area (TPSA) is 12.0 Å². The Kier molecular flexibility index (Phi) is 6.84. The van der Waals surface area contributed by atoms with Crippen LogP contribution >= 0.6 is 0 Å². The molecule has 0 radical (unpaired) electrons. The minimum absolute atomic E-state index is 0.211. The van der Waals surface area contributed by atoms with Gasteiger partial charge in [0.05, 0.1) is 5.41 Å². The third kappa shape index (κ3) is 4.32. The summed E-state index contributed by atoms with van der Waals surface area (Å²) < 4.78 is 0. The van der Waals surface area contributed by atoms with Crippen LogP contribution in [0.2, 0.25) is 0 Å². The van der Waals surface area contributed by atoms with Crippen molar-refractivity contribution in [1.82, 2.24) is 0 Å². The molecule has 1 nitrogen and oxygen atoms in total. The van der Waals surface area contributed by atoms with Crippen LogP contribution in [0.25, 0.3) is 16.7 Å². The van der Waals surface area contributed by atoms with Gasteiger partial charge in [-0.05, 0) is 105 Å². The summed E-state index contributed by atoms with van der Waals surface area (Å²) in [6, 6.07) is 56.5. The highest BCUT2D eigenvalue weighted by molar-refractivity contribution is 5.91. The van der Waals surface area contributed by atoms with Gasteiger partial charge < -0.3 is 5.32 Å². The predicted molar refractivity (Wildman–Crippen MR) is 208 cm³/mol. The first kappa shape index (κ1) is 29.5. The van der Waals surface area contributed by atoms with Gasteiger partial charge >= 0.3 is 0 Å². The first-order chi connectivity index (χ1) is 24.8. The van der Waals surface area contributed by atoms with Gasteiger partial charge in [-0.1, -0.05) is 159 Å². The summed E-state index contributed by atoms with van der Waals surface area (Å²) in [5.74, 6) is 0.409. The van der Waals surface area contributed by atoms with Gasteiger partial charge in [-0.2, -0.15) is 0 Å². The fourth-order valence-corrected chi connectivity index (χ4v) is 10.1. The molecule has 0 aromatic heterocycles. The molecule has 4 aliphatic carbocycles. The van der Waals surface area contributed by atoms with E-state index >= 15 is 0 Å². The highest BCUT2D eigenvalue weighted by atomic mass is 14.9. The lowest BCUT2D eigenvalue weighted by molar-refractivity contribution is 0.351. The van der Waals surface area contributed by atoms with E-state index in [-0.39, 0.29) is 5.41 Å². The minimum Gasteiger partial charge on any atom is -0.356 e. The van der Waals surface area contributed by atoms with Gasteiger partial charge in [-0.25, -0.2) is 0 Å². The van der Waals surface area contributed by atoms with Crippen LogP contribution in [0, 0.1) is 0 Å². The van der Waals surface area contributed by atoms with E-state index in [4.69, 9.17) is 0 Å². The molecule has 0 heterocycles. The van der Waals surface area contributed by atoms with Crippen molar-refractivity contribution in [2.24, 2.45) is 0 Å². The largest absolute Gasteiger partial charge is 0.356 e. The lowest BCUT2D eigenvalue weighted by atomic mass is 9.66. The Morgan fingerprint density at radius 1 is 0.500 bits per heavy atom. The Hall–Kier alpha value is -5.40. The minimum atomic E-state index is -0.396. The lowest BCUT2D eigenvalue weighted by Gasteiger charge is -2.37. The van der Waals surface area contributed by atoms with Crippen molar-refractivity contribution in [3.05, 3.63) is 208 Å². The second kappa shape index (κ2) is 11.6. The maximum Gasteiger partial charge on any atom is 0.0714 e. The van der Waals surface area contributed by atoms with Gasteiger partial charge in [0.2, 0.25) is 0 Å². The quantitative estimate of drug-likeness (QED) is 0.197. The molecule has 0 bridgehead atoms. The third-order valence-electron chi connectivity index (χ3n) is 12.3. The Labute approximate surface area is 296 Å². The van der Waals surface area contributed by atoms with Crippen LogP contribution in [0.5, 0.6) is 0 Å². The van der Waals surface area contributed by atoms with Gasteiger partial charge in [0.1, 0.15) is 0 Å². The molecule has 1 heteroatoms. The third-order valence-corrected chi connectivity index (χ3v) is 12.3. The number of hydrogen-bond acceptors (Lipinski definition) is 1. The maximum absolute atomic E-state index is 3.80. The number of allylic oxidation sites excluding steroid dienone is 4. The zero-order chi connectivity index (χ0) is 33.1. The van der Waals surface area contributed by atoms with Crippen LogP contribution in [0.15, 0.2) is 169 Å². The van der Waals surface area contributed by atoms with Crippen molar-refractivity contribution in [2.75, 3.05) is 5.32 Å². The van der Waals surface area contributed by atoms with Crippen LogP contribution < -0.4 is 5.32 Å². The molecular formula is C49H41N. The lowest BCUT2D eigenvalue weighted by Crippen LogP contribution is -2.29. The van der Waals surface area contributed by atoms with Crippen LogP contribution in [0.3, 0.4) is 0 Å². The van der Waals surface area contributed by atoms with Crippen molar-refractivity contribution in [1.29, 1.82) is 0 Å². The highest BCUT2D eigenvalue weighted by Crippen LogP contribution is 2.59. The monoisotopic (exact) mass is 643 g/mol. The van der Waals surface area contributed by atoms with E-state index in [1.54, 1.807) is 11.1 Å². The highest BCUT2D eigenvalue weighted by Gasteiger charge is 2.47. The molecule has 1 saturated carbocycles. The van der Waals surface area contributed by atoms with Gasteiger partial charge in [-0.15, -0.1) is 0 Å². The molecule has 6 aromatic carbocycles. The van der Waals surface area contributed by atoms with Crippen LogP contribution in [0.4, 0.5) is 11.4 Å². The average Bonchev–Trinajstić information content (AvgIpc) is 3.63. The first-order valence-electron chi connectivity index (χ1n) is 18.5. The number of benzene rings is 6. The summed E-state index contributed by atoms with van der Waals surface area (Å²) >= 11 is 0. The molecule has 50 heavy (non-hydrogen) atoms. The van der Waals surface area contributed by atoms with Gasteiger partial charge in [0.15, 0.2) is 0 Å². The Morgan fingerprint density at radius 3 is 1.82 bits per heavy atom. The molecule has 1 spiro atoms. The van der Waals surface area contributed by atoms with Crippen molar-refractivity contribution in [2.45, 2.75) is 55.3 Å². The summed E-state index contributed by atoms with van der Waals surface area (Å²) in [5.41, 5.74) is 17.5. The van der Waals surface area contributed by atoms with Crippen LogP contribution in [-0.4, -0.2) is 0 Å². The van der Waals surface area contributed by atoms with Gasteiger partial charge in [-0.3, -0.25) is 0 Å². The molecule has 0 amide bonds. The van der Waals surface area contributed by atoms with Crippen molar-refractivity contribution < 1.29 is 0 Å². The molecule has 1 atom stereocenters. The van der Waals surface area contributed by atoms with E-state index in [9.17, 15) is 0 Å². The maximum atomic E-state index is 3.80. The molecule has 10 rings (SSSR count). The zero-order valence-corrected chi connectivity index (χ0v) is 28.4. The number of nitrogens with one attached hydrogen (secondary N) is 1. The van der Waals surface area contributed by atoms with E-state index in [0.717, 1.165) is 17.8 Å². The van der Waals surface area contributed by atoms with E-state index in [0.29, 0.717) is 5.92 Å². The Balaban J connectivity index is 0.992. The fraction of sp³-hybridized carbons (Fsp3) is 0.184. The molecule has 1 fully saturated rings. The second-order valence-electron chi connectivity index (χ2n) is 14.8. The molecule has 4 aliphatic rings. The van der Waals surface area contributed by atoms with E-state index in [1.165, 1.54) is 82.2 Å². The summed E-state index contributed by atoms with van der Waals surface area (Å²) in [6.45, 7) is 0. The van der Waals surface area contributed by atoms with Crippen molar-refractivity contribution >= 4 is 16.9 Å². The smallest absolute Gasteiger partial charge is 0.0714 e. The summed E-state index contributed by atoms with van der Waals surface area (Å²) in [4.78, 5) is 0. The first-order valence-corrected chi connectivity index (χ1v) is 18.5.